The summed E-state index contributed by atoms with van der Waals surface area (Å²) in [5.41, 5.74) is 0.994. The normalized spacial score (nSPS) is 11.9. The van der Waals surface area contributed by atoms with Gasteiger partial charge in [0.05, 0.1) is 13.7 Å². The first-order valence-electron chi connectivity index (χ1n) is 8.94. The van der Waals surface area contributed by atoms with Gasteiger partial charge in [0, 0.05) is 11.6 Å². The molecule has 6 heteroatoms. The molecule has 148 valence electrons. The molecule has 0 fully saturated rings. The summed E-state index contributed by atoms with van der Waals surface area (Å²) in [7, 11) is 1.54. The predicted octanol–water partition coefficient (Wildman–Crippen LogP) is 4.45. The van der Waals surface area contributed by atoms with Gasteiger partial charge in [0.15, 0.2) is 17.6 Å². The number of Topliss-reactive ketones (excluding diaryl/α,β-unsaturated/α-hetero) is 1. The summed E-state index contributed by atoms with van der Waals surface area (Å²) in [6.07, 6.45) is 2.69. The lowest BCUT2D eigenvalue weighted by Gasteiger charge is -2.11. The van der Waals surface area contributed by atoms with E-state index < -0.39 is 23.7 Å². The molecule has 0 aliphatic rings. The standard InChI is InChI=1S/C22H23FO5/c1-4-13-27-19-11-5-16(14-20(19)26-3)6-12-21(24)28-15(2)22(25)17-7-9-18(23)10-8-17/h5-12,14-15H,4,13H2,1-3H3/b12-6+/t15-/m0/s1. The molecule has 0 saturated heterocycles. The third-order valence-corrected chi connectivity index (χ3v) is 3.85. The van der Waals surface area contributed by atoms with Crippen LogP contribution in [0.4, 0.5) is 4.39 Å². The third kappa shape index (κ3) is 5.94. The van der Waals surface area contributed by atoms with Gasteiger partial charge in [0.1, 0.15) is 5.82 Å². The first-order valence-corrected chi connectivity index (χ1v) is 8.94. The molecule has 5 nitrogen and oxygen atoms in total. The van der Waals surface area contributed by atoms with Gasteiger partial charge in [-0.1, -0.05) is 13.0 Å². The molecule has 0 aromatic heterocycles. The number of rotatable bonds is 9. The zero-order valence-corrected chi connectivity index (χ0v) is 16.1. The zero-order chi connectivity index (χ0) is 20.5. The predicted molar refractivity (Wildman–Crippen MR) is 104 cm³/mol. The minimum absolute atomic E-state index is 0.276. The van der Waals surface area contributed by atoms with Crippen LogP contribution in [0.2, 0.25) is 0 Å². The Balaban J connectivity index is 1.98. The molecule has 0 heterocycles. The number of methoxy groups -OCH3 is 1. The maximum atomic E-state index is 12.9. The van der Waals surface area contributed by atoms with Crippen molar-refractivity contribution in [3.8, 4) is 11.5 Å². The Morgan fingerprint density at radius 1 is 1.11 bits per heavy atom. The highest BCUT2D eigenvalue weighted by atomic mass is 19.1. The lowest BCUT2D eigenvalue weighted by molar-refractivity contribution is -0.140. The fourth-order valence-corrected chi connectivity index (χ4v) is 2.40. The van der Waals surface area contributed by atoms with Gasteiger partial charge < -0.3 is 14.2 Å². The van der Waals surface area contributed by atoms with E-state index in [1.807, 2.05) is 6.92 Å². The minimum atomic E-state index is -0.984. The summed E-state index contributed by atoms with van der Waals surface area (Å²) in [6.45, 7) is 4.06. The molecule has 0 N–H and O–H groups in total. The number of hydrogen-bond acceptors (Lipinski definition) is 5. The molecule has 0 aliphatic heterocycles. The van der Waals surface area contributed by atoms with Crippen molar-refractivity contribution in [2.24, 2.45) is 0 Å². The number of esters is 1. The second kappa shape index (κ2) is 10.3. The Kier molecular flexibility index (Phi) is 7.75. The summed E-state index contributed by atoms with van der Waals surface area (Å²) >= 11 is 0. The molecule has 0 aliphatic carbocycles. The highest BCUT2D eigenvalue weighted by Crippen LogP contribution is 2.28. The average molecular weight is 386 g/mol. The van der Waals surface area contributed by atoms with Gasteiger partial charge in [-0.15, -0.1) is 0 Å². The van der Waals surface area contributed by atoms with Gasteiger partial charge in [0.25, 0.3) is 0 Å². The molecule has 28 heavy (non-hydrogen) atoms. The number of hydrogen-bond donors (Lipinski definition) is 0. The molecule has 2 aromatic carbocycles. The maximum Gasteiger partial charge on any atom is 0.331 e. The van der Waals surface area contributed by atoms with Crippen LogP contribution >= 0.6 is 0 Å². The zero-order valence-electron chi connectivity index (χ0n) is 16.1. The van der Waals surface area contributed by atoms with Crippen molar-refractivity contribution in [1.29, 1.82) is 0 Å². The number of halogens is 1. The van der Waals surface area contributed by atoms with E-state index in [1.165, 1.54) is 37.3 Å². The Bertz CT molecular complexity index is 843. The largest absolute Gasteiger partial charge is 0.493 e. The van der Waals surface area contributed by atoms with Crippen LogP contribution in [0.5, 0.6) is 11.5 Å². The van der Waals surface area contributed by atoms with Crippen LogP contribution in [0.15, 0.2) is 48.5 Å². The van der Waals surface area contributed by atoms with Crippen LogP contribution in [0.3, 0.4) is 0 Å². The second-order valence-electron chi connectivity index (χ2n) is 6.04. The molecule has 2 rings (SSSR count). The van der Waals surface area contributed by atoms with Crippen molar-refractivity contribution in [3.63, 3.8) is 0 Å². The quantitative estimate of drug-likeness (QED) is 0.362. The minimum Gasteiger partial charge on any atom is -0.493 e. The molecule has 0 bridgehead atoms. The van der Waals surface area contributed by atoms with E-state index in [0.29, 0.717) is 18.1 Å². The van der Waals surface area contributed by atoms with Crippen LogP contribution in [0.25, 0.3) is 6.08 Å². The van der Waals surface area contributed by atoms with Crippen molar-refractivity contribution >= 4 is 17.8 Å². The van der Waals surface area contributed by atoms with Crippen LogP contribution in [0, 0.1) is 5.82 Å². The first kappa shape index (κ1) is 21.2. The summed E-state index contributed by atoms with van der Waals surface area (Å²) in [5, 5.41) is 0. The lowest BCUT2D eigenvalue weighted by atomic mass is 10.1. The van der Waals surface area contributed by atoms with Gasteiger partial charge >= 0.3 is 5.97 Å². The Hall–Kier alpha value is -3.15. The number of ether oxygens (including phenoxy) is 3. The molecule has 1 atom stereocenters. The third-order valence-electron chi connectivity index (χ3n) is 3.85. The van der Waals surface area contributed by atoms with Crippen molar-refractivity contribution in [2.75, 3.05) is 13.7 Å². The van der Waals surface area contributed by atoms with Crippen molar-refractivity contribution in [3.05, 3.63) is 65.5 Å². The molecule has 2 aromatic rings. The Morgan fingerprint density at radius 2 is 1.82 bits per heavy atom. The smallest absolute Gasteiger partial charge is 0.331 e. The lowest BCUT2D eigenvalue weighted by Crippen LogP contribution is -2.23. The number of carbonyl (C=O) groups is 2. The number of carbonyl (C=O) groups excluding carboxylic acids is 2. The van der Waals surface area contributed by atoms with Crippen LogP contribution in [-0.4, -0.2) is 31.6 Å². The van der Waals surface area contributed by atoms with Gasteiger partial charge in [0.2, 0.25) is 5.78 Å². The highest BCUT2D eigenvalue weighted by Gasteiger charge is 2.18. The second-order valence-corrected chi connectivity index (χ2v) is 6.04. The topological polar surface area (TPSA) is 61.8 Å². The van der Waals surface area contributed by atoms with Gasteiger partial charge in [-0.2, -0.15) is 0 Å². The maximum absolute atomic E-state index is 12.9. The summed E-state index contributed by atoms with van der Waals surface area (Å²) in [5.74, 6) is -0.314. The van der Waals surface area contributed by atoms with Crippen molar-refractivity contribution in [1.82, 2.24) is 0 Å². The van der Waals surface area contributed by atoms with E-state index in [0.717, 1.165) is 12.0 Å². The Labute approximate surface area is 163 Å². The SMILES string of the molecule is CCCOc1ccc(/C=C/C(=O)O[C@@H](C)C(=O)c2ccc(F)cc2)cc1OC. The van der Waals surface area contributed by atoms with Crippen LogP contribution < -0.4 is 9.47 Å². The van der Waals surface area contributed by atoms with Gasteiger partial charge in [-0.05, 0) is 61.4 Å². The number of benzene rings is 2. The van der Waals surface area contributed by atoms with Crippen LogP contribution in [-0.2, 0) is 9.53 Å². The summed E-state index contributed by atoms with van der Waals surface area (Å²) in [6, 6.07) is 10.4. The van der Waals surface area contributed by atoms with Crippen LogP contribution in [0.1, 0.15) is 36.2 Å². The molecule has 0 amide bonds. The van der Waals surface area contributed by atoms with Gasteiger partial charge in [-0.25, -0.2) is 9.18 Å². The summed E-state index contributed by atoms with van der Waals surface area (Å²) in [4.78, 5) is 24.2. The summed E-state index contributed by atoms with van der Waals surface area (Å²) < 4.78 is 28.9. The van der Waals surface area contributed by atoms with Crippen molar-refractivity contribution in [2.45, 2.75) is 26.4 Å². The van der Waals surface area contributed by atoms with E-state index in [2.05, 4.69) is 0 Å². The van der Waals surface area contributed by atoms with E-state index in [9.17, 15) is 14.0 Å². The van der Waals surface area contributed by atoms with E-state index in [1.54, 1.807) is 31.4 Å². The number of ketones is 1. The first-order chi connectivity index (χ1) is 13.4. The fourth-order valence-electron chi connectivity index (χ4n) is 2.40. The van der Waals surface area contributed by atoms with E-state index in [-0.39, 0.29) is 5.56 Å². The monoisotopic (exact) mass is 386 g/mol. The molecule has 0 unspecified atom stereocenters. The van der Waals surface area contributed by atoms with Gasteiger partial charge in [-0.3, -0.25) is 4.79 Å². The van der Waals surface area contributed by atoms with E-state index in [4.69, 9.17) is 14.2 Å². The highest BCUT2D eigenvalue weighted by molar-refractivity contribution is 6.01. The van der Waals surface area contributed by atoms with Crippen molar-refractivity contribution < 1.29 is 28.2 Å². The molecule has 0 radical (unpaired) electrons. The average Bonchev–Trinajstić information content (AvgIpc) is 2.70. The Morgan fingerprint density at radius 3 is 2.46 bits per heavy atom. The fraction of sp³-hybridized carbons (Fsp3) is 0.273. The molecular formula is C22H23FO5. The molecule has 0 spiro atoms. The molecule has 0 saturated carbocycles. The van der Waals surface area contributed by atoms with E-state index >= 15 is 0 Å². The molecular weight excluding hydrogens is 363 g/mol.